The summed E-state index contributed by atoms with van der Waals surface area (Å²) in [5.74, 6) is 1.22. The predicted molar refractivity (Wildman–Crippen MR) is 102 cm³/mol. The van der Waals surface area contributed by atoms with Crippen molar-refractivity contribution in [3.8, 4) is 11.5 Å². The number of halogens is 3. The lowest BCUT2D eigenvalue weighted by atomic mass is 10.2. The summed E-state index contributed by atoms with van der Waals surface area (Å²) < 4.78 is 11.4. The van der Waals surface area contributed by atoms with E-state index in [1.54, 1.807) is 12.1 Å². The number of anilines is 1. The van der Waals surface area contributed by atoms with Crippen molar-refractivity contribution in [3.05, 3.63) is 51.0 Å². The molecule has 0 atom stereocenters. The van der Waals surface area contributed by atoms with Crippen LogP contribution in [0.1, 0.15) is 26.3 Å². The minimum Gasteiger partial charge on any atom is -0.490 e. The van der Waals surface area contributed by atoms with Crippen LogP contribution in [-0.4, -0.2) is 12.7 Å². The molecule has 0 saturated heterocycles. The van der Waals surface area contributed by atoms with Gasteiger partial charge < -0.3 is 14.8 Å². The van der Waals surface area contributed by atoms with Crippen LogP contribution in [0.15, 0.2) is 30.3 Å². The van der Waals surface area contributed by atoms with Gasteiger partial charge in [0.2, 0.25) is 0 Å². The van der Waals surface area contributed by atoms with Gasteiger partial charge in [0.25, 0.3) is 0 Å². The summed E-state index contributed by atoms with van der Waals surface area (Å²) in [6.07, 6.45) is 0.0156. The van der Waals surface area contributed by atoms with E-state index < -0.39 is 0 Å². The molecule has 0 bridgehead atoms. The molecule has 0 aromatic heterocycles. The molecule has 1 N–H and O–H groups in total. The number of benzene rings is 2. The van der Waals surface area contributed by atoms with E-state index in [2.05, 4.69) is 5.32 Å². The third-order valence-corrected chi connectivity index (χ3v) is 4.16. The molecule has 130 valence electrons. The zero-order valence-corrected chi connectivity index (χ0v) is 16.1. The average molecular weight is 389 g/mol. The van der Waals surface area contributed by atoms with Crippen LogP contribution < -0.4 is 14.8 Å². The van der Waals surface area contributed by atoms with Gasteiger partial charge in [0, 0.05) is 12.2 Å². The first-order valence-electron chi connectivity index (χ1n) is 7.71. The Kier molecular flexibility index (Phi) is 6.90. The molecule has 2 rings (SSSR count). The Bertz CT molecular complexity index is 705. The zero-order chi connectivity index (χ0) is 17.7. The number of ether oxygens (including phenoxy) is 2. The topological polar surface area (TPSA) is 30.5 Å². The second-order valence-corrected chi connectivity index (χ2v) is 6.71. The van der Waals surface area contributed by atoms with E-state index in [4.69, 9.17) is 44.3 Å². The van der Waals surface area contributed by atoms with E-state index in [1.165, 1.54) is 0 Å². The first-order chi connectivity index (χ1) is 11.4. The summed E-state index contributed by atoms with van der Waals surface area (Å²) in [5.41, 5.74) is 1.85. The van der Waals surface area contributed by atoms with Gasteiger partial charge in [-0.15, -0.1) is 0 Å². The van der Waals surface area contributed by atoms with Crippen LogP contribution in [-0.2, 0) is 6.54 Å². The van der Waals surface area contributed by atoms with Crippen molar-refractivity contribution >= 4 is 40.5 Å². The van der Waals surface area contributed by atoms with Crippen LogP contribution in [0.4, 0.5) is 5.69 Å². The van der Waals surface area contributed by atoms with Gasteiger partial charge in [0.1, 0.15) is 0 Å². The van der Waals surface area contributed by atoms with Crippen molar-refractivity contribution in [2.75, 3.05) is 11.9 Å². The van der Waals surface area contributed by atoms with E-state index in [1.807, 2.05) is 39.0 Å². The summed E-state index contributed by atoms with van der Waals surface area (Å²) in [6.45, 7) is 6.93. The second-order valence-electron chi connectivity index (χ2n) is 5.49. The zero-order valence-electron chi connectivity index (χ0n) is 13.8. The molecule has 0 aliphatic rings. The van der Waals surface area contributed by atoms with Gasteiger partial charge in [0.15, 0.2) is 11.5 Å². The molecule has 6 heteroatoms. The van der Waals surface area contributed by atoms with E-state index in [0.29, 0.717) is 39.7 Å². The fourth-order valence-corrected chi connectivity index (χ4v) is 2.72. The van der Waals surface area contributed by atoms with Gasteiger partial charge in [-0.1, -0.05) is 34.8 Å². The Balaban J connectivity index is 2.19. The summed E-state index contributed by atoms with van der Waals surface area (Å²) >= 11 is 18.3. The van der Waals surface area contributed by atoms with Gasteiger partial charge in [-0.25, -0.2) is 0 Å². The molecular weight excluding hydrogens is 369 g/mol. The number of rotatable bonds is 7. The SMILES string of the molecule is CCOc1cc(CNc2ccc(Cl)c(Cl)c2)cc(Cl)c1OC(C)C. The van der Waals surface area contributed by atoms with Crippen molar-refractivity contribution in [1.29, 1.82) is 0 Å². The first-order valence-corrected chi connectivity index (χ1v) is 8.85. The van der Waals surface area contributed by atoms with Crippen LogP contribution in [0.25, 0.3) is 0 Å². The molecule has 0 heterocycles. The second kappa shape index (κ2) is 8.70. The quantitative estimate of drug-likeness (QED) is 0.591. The maximum Gasteiger partial charge on any atom is 0.180 e. The smallest absolute Gasteiger partial charge is 0.180 e. The molecule has 0 saturated carbocycles. The van der Waals surface area contributed by atoms with Crippen molar-refractivity contribution in [1.82, 2.24) is 0 Å². The molecule has 2 aromatic rings. The molecule has 0 unspecified atom stereocenters. The summed E-state index contributed by atoms with van der Waals surface area (Å²) in [4.78, 5) is 0. The largest absolute Gasteiger partial charge is 0.490 e. The Labute approximate surface area is 157 Å². The molecule has 2 aromatic carbocycles. The normalized spacial score (nSPS) is 10.8. The summed E-state index contributed by atoms with van der Waals surface area (Å²) in [7, 11) is 0. The highest BCUT2D eigenvalue weighted by atomic mass is 35.5. The van der Waals surface area contributed by atoms with Crippen LogP contribution in [0, 0.1) is 0 Å². The van der Waals surface area contributed by atoms with E-state index in [9.17, 15) is 0 Å². The van der Waals surface area contributed by atoms with Gasteiger partial charge in [-0.05, 0) is 56.7 Å². The van der Waals surface area contributed by atoms with E-state index in [0.717, 1.165) is 11.3 Å². The highest BCUT2D eigenvalue weighted by Gasteiger charge is 2.14. The summed E-state index contributed by atoms with van der Waals surface area (Å²) in [6, 6.07) is 9.20. The van der Waals surface area contributed by atoms with Crippen molar-refractivity contribution in [2.45, 2.75) is 33.4 Å². The van der Waals surface area contributed by atoms with Crippen molar-refractivity contribution in [3.63, 3.8) is 0 Å². The van der Waals surface area contributed by atoms with Crippen LogP contribution in [0.2, 0.25) is 15.1 Å². The highest BCUT2D eigenvalue weighted by molar-refractivity contribution is 6.42. The molecule has 0 fully saturated rings. The molecule has 0 radical (unpaired) electrons. The van der Waals surface area contributed by atoms with Crippen molar-refractivity contribution in [2.24, 2.45) is 0 Å². The number of hydrogen-bond acceptors (Lipinski definition) is 3. The average Bonchev–Trinajstić information content (AvgIpc) is 2.52. The predicted octanol–water partition coefficient (Wildman–Crippen LogP) is 6.44. The standard InChI is InChI=1S/C18H20Cl3NO2/c1-4-23-17-8-12(7-16(21)18(17)24-11(2)3)10-22-13-5-6-14(19)15(20)9-13/h5-9,11,22H,4,10H2,1-3H3. The monoisotopic (exact) mass is 387 g/mol. The number of hydrogen-bond donors (Lipinski definition) is 1. The maximum absolute atomic E-state index is 6.37. The fourth-order valence-electron chi connectivity index (χ4n) is 2.15. The Morgan fingerprint density at radius 1 is 1.00 bits per heavy atom. The lowest BCUT2D eigenvalue weighted by Crippen LogP contribution is -2.09. The van der Waals surface area contributed by atoms with Crippen LogP contribution in [0.5, 0.6) is 11.5 Å². The Hall–Kier alpha value is -1.29. The molecule has 0 amide bonds. The van der Waals surface area contributed by atoms with Gasteiger partial charge in [-0.2, -0.15) is 0 Å². The first kappa shape index (κ1) is 19.0. The number of nitrogens with one attached hydrogen (secondary N) is 1. The summed E-state index contributed by atoms with van der Waals surface area (Å²) in [5, 5.41) is 4.85. The van der Waals surface area contributed by atoms with Gasteiger partial charge in [0.05, 0.1) is 27.8 Å². The third kappa shape index (κ3) is 5.10. The minimum atomic E-state index is 0.0156. The molecular formula is C18H20Cl3NO2. The lowest BCUT2D eigenvalue weighted by molar-refractivity contribution is 0.224. The minimum absolute atomic E-state index is 0.0156. The molecule has 0 spiro atoms. The van der Waals surface area contributed by atoms with Gasteiger partial charge in [-0.3, -0.25) is 0 Å². The van der Waals surface area contributed by atoms with E-state index >= 15 is 0 Å². The van der Waals surface area contributed by atoms with E-state index in [-0.39, 0.29) is 6.10 Å². The molecule has 0 aliphatic heterocycles. The van der Waals surface area contributed by atoms with Crippen LogP contribution >= 0.6 is 34.8 Å². The maximum atomic E-state index is 6.37. The lowest BCUT2D eigenvalue weighted by Gasteiger charge is -2.17. The molecule has 24 heavy (non-hydrogen) atoms. The third-order valence-electron chi connectivity index (χ3n) is 3.14. The highest BCUT2D eigenvalue weighted by Crippen LogP contribution is 2.37. The van der Waals surface area contributed by atoms with Crippen molar-refractivity contribution < 1.29 is 9.47 Å². The molecule has 3 nitrogen and oxygen atoms in total. The Morgan fingerprint density at radius 3 is 2.38 bits per heavy atom. The Morgan fingerprint density at radius 2 is 1.75 bits per heavy atom. The van der Waals surface area contributed by atoms with Gasteiger partial charge >= 0.3 is 0 Å². The van der Waals surface area contributed by atoms with Crippen LogP contribution in [0.3, 0.4) is 0 Å². The fraction of sp³-hybridized carbons (Fsp3) is 0.333. The molecule has 0 aliphatic carbocycles.